The first-order chi connectivity index (χ1) is 9.78. The highest BCUT2D eigenvalue weighted by atomic mass is 16.1. The van der Waals surface area contributed by atoms with Gasteiger partial charge in [-0.15, -0.1) is 10.2 Å². The second-order valence-corrected chi connectivity index (χ2v) is 5.14. The molecule has 5 nitrogen and oxygen atoms in total. The van der Waals surface area contributed by atoms with Gasteiger partial charge in [0.05, 0.1) is 0 Å². The van der Waals surface area contributed by atoms with Gasteiger partial charge in [-0.2, -0.15) is 0 Å². The van der Waals surface area contributed by atoms with Gasteiger partial charge in [0.25, 0.3) is 0 Å². The molecule has 1 aliphatic rings. The number of hydrogen-bond acceptors (Lipinski definition) is 3. The Balaban J connectivity index is 1.80. The van der Waals surface area contributed by atoms with Crippen LogP contribution in [0.15, 0.2) is 30.6 Å². The molecule has 0 saturated heterocycles. The predicted molar refractivity (Wildman–Crippen MR) is 77.1 cm³/mol. The SMILES string of the molecule is CCn1cnnc1-c1cccc(NC(=O)C2CCC2)c1. The minimum absolute atomic E-state index is 0.130. The summed E-state index contributed by atoms with van der Waals surface area (Å²) in [5.74, 6) is 1.15. The Hall–Kier alpha value is -2.17. The Morgan fingerprint density at radius 1 is 1.45 bits per heavy atom. The van der Waals surface area contributed by atoms with Crippen LogP contribution in [0.2, 0.25) is 0 Å². The van der Waals surface area contributed by atoms with Gasteiger partial charge in [-0.05, 0) is 31.9 Å². The maximum absolute atomic E-state index is 12.0. The van der Waals surface area contributed by atoms with E-state index in [4.69, 9.17) is 0 Å². The molecule has 1 heterocycles. The summed E-state index contributed by atoms with van der Waals surface area (Å²) < 4.78 is 1.98. The van der Waals surface area contributed by atoms with E-state index in [0.717, 1.165) is 42.9 Å². The molecule has 0 unspecified atom stereocenters. The van der Waals surface area contributed by atoms with E-state index < -0.39 is 0 Å². The van der Waals surface area contributed by atoms with Crippen LogP contribution in [-0.4, -0.2) is 20.7 Å². The molecule has 1 aromatic heterocycles. The Labute approximate surface area is 118 Å². The van der Waals surface area contributed by atoms with E-state index in [9.17, 15) is 4.79 Å². The molecule has 2 aromatic rings. The van der Waals surface area contributed by atoms with E-state index in [1.165, 1.54) is 0 Å². The lowest BCUT2D eigenvalue weighted by atomic mass is 9.85. The third-order valence-electron chi connectivity index (χ3n) is 3.82. The molecular weight excluding hydrogens is 252 g/mol. The summed E-state index contributed by atoms with van der Waals surface area (Å²) in [7, 11) is 0. The van der Waals surface area contributed by atoms with Crippen molar-refractivity contribution in [2.75, 3.05) is 5.32 Å². The number of aromatic nitrogens is 3. The third-order valence-corrected chi connectivity index (χ3v) is 3.82. The zero-order valence-electron chi connectivity index (χ0n) is 11.5. The Morgan fingerprint density at radius 2 is 2.30 bits per heavy atom. The van der Waals surface area contributed by atoms with Crippen LogP contribution >= 0.6 is 0 Å². The fraction of sp³-hybridized carbons (Fsp3) is 0.400. The van der Waals surface area contributed by atoms with Crippen molar-refractivity contribution in [3.05, 3.63) is 30.6 Å². The van der Waals surface area contributed by atoms with Crippen LogP contribution in [0.5, 0.6) is 0 Å². The maximum atomic E-state index is 12.0. The summed E-state index contributed by atoms with van der Waals surface area (Å²) in [6.07, 6.45) is 4.90. The summed E-state index contributed by atoms with van der Waals surface area (Å²) in [4.78, 5) is 12.0. The second kappa shape index (κ2) is 5.45. The first-order valence-electron chi connectivity index (χ1n) is 7.07. The topological polar surface area (TPSA) is 59.8 Å². The third kappa shape index (κ3) is 2.43. The summed E-state index contributed by atoms with van der Waals surface area (Å²) in [5, 5.41) is 11.1. The highest BCUT2D eigenvalue weighted by Gasteiger charge is 2.25. The van der Waals surface area contributed by atoms with Gasteiger partial charge in [-0.1, -0.05) is 18.6 Å². The maximum Gasteiger partial charge on any atom is 0.227 e. The largest absolute Gasteiger partial charge is 0.326 e. The molecule has 0 aliphatic heterocycles. The molecule has 0 spiro atoms. The lowest BCUT2D eigenvalue weighted by Crippen LogP contribution is -2.28. The number of amides is 1. The van der Waals surface area contributed by atoms with Crippen molar-refractivity contribution in [1.82, 2.24) is 14.8 Å². The number of hydrogen-bond donors (Lipinski definition) is 1. The van der Waals surface area contributed by atoms with Gasteiger partial charge in [0.1, 0.15) is 6.33 Å². The molecule has 1 amide bonds. The summed E-state index contributed by atoms with van der Waals surface area (Å²) in [6.45, 7) is 2.87. The number of aryl methyl sites for hydroxylation is 1. The molecule has 104 valence electrons. The van der Waals surface area contributed by atoms with Gasteiger partial charge in [-0.25, -0.2) is 0 Å². The molecule has 1 saturated carbocycles. The van der Waals surface area contributed by atoms with Crippen LogP contribution in [0.4, 0.5) is 5.69 Å². The van der Waals surface area contributed by atoms with E-state index in [1.54, 1.807) is 6.33 Å². The Morgan fingerprint density at radius 3 is 3.00 bits per heavy atom. The standard InChI is InChI=1S/C15H18N4O/c1-2-19-10-16-18-14(19)12-7-4-8-13(9-12)17-15(20)11-5-3-6-11/h4,7-11H,2-3,5-6H2,1H3,(H,17,20). The normalized spacial score (nSPS) is 14.8. The number of nitrogens with zero attached hydrogens (tertiary/aromatic N) is 3. The fourth-order valence-corrected chi connectivity index (χ4v) is 2.36. The number of carbonyl (C=O) groups excluding carboxylic acids is 1. The van der Waals surface area contributed by atoms with E-state index in [1.807, 2.05) is 28.8 Å². The molecule has 3 rings (SSSR count). The highest BCUT2D eigenvalue weighted by molar-refractivity contribution is 5.93. The molecule has 0 atom stereocenters. The van der Waals surface area contributed by atoms with Crippen molar-refractivity contribution in [2.24, 2.45) is 5.92 Å². The smallest absolute Gasteiger partial charge is 0.227 e. The monoisotopic (exact) mass is 270 g/mol. The average molecular weight is 270 g/mol. The fourth-order valence-electron chi connectivity index (χ4n) is 2.36. The van der Waals surface area contributed by atoms with Crippen LogP contribution in [-0.2, 0) is 11.3 Å². The van der Waals surface area contributed by atoms with E-state index in [2.05, 4.69) is 22.4 Å². The van der Waals surface area contributed by atoms with Crippen molar-refractivity contribution in [3.8, 4) is 11.4 Å². The molecule has 1 N–H and O–H groups in total. The van der Waals surface area contributed by atoms with Crippen molar-refractivity contribution in [1.29, 1.82) is 0 Å². The number of rotatable bonds is 4. The Bertz CT molecular complexity index is 616. The minimum atomic E-state index is 0.130. The summed E-state index contributed by atoms with van der Waals surface area (Å²) in [5.41, 5.74) is 1.79. The van der Waals surface area contributed by atoms with Crippen LogP contribution < -0.4 is 5.32 Å². The van der Waals surface area contributed by atoms with Crippen LogP contribution in [0.25, 0.3) is 11.4 Å². The van der Waals surface area contributed by atoms with Crippen LogP contribution in [0.3, 0.4) is 0 Å². The quantitative estimate of drug-likeness (QED) is 0.929. The molecular formula is C15H18N4O. The summed E-state index contributed by atoms with van der Waals surface area (Å²) >= 11 is 0. The number of benzene rings is 1. The molecule has 5 heteroatoms. The summed E-state index contributed by atoms with van der Waals surface area (Å²) in [6, 6.07) is 7.77. The molecule has 1 aliphatic carbocycles. The molecule has 0 bridgehead atoms. The first kappa shape index (κ1) is 12.8. The first-order valence-corrected chi connectivity index (χ1v) is 7.07. The zero-order chi connectivity index (χ0) is 13.9. The van der Waals surface area contributed by atoms with Crippen molar-refractivity contribution < 1.29 is 4.79 Å². The molecule has 20 heavy (non-hydrogen) atoms. The van der Waals surface area contributed by atoms with Crippen molar-refractivity contribution in [2.45, 2.75) is 32.7 Å². The zero-order valence-corrected chi connectivity index (χ0v) is 11.5. The molecule has 1 fully saturated rings. The Kier molecular flexibility index (Phi) is 3.50. The van der Waals surface area contributed by atoms with E-state index in [0.29, 0.717) is 0 Å². The number of nitrogens with one attached hydrogen (secondary N) is 1. The van der Waals surface area contributed by atoms with Gasteiger partial charge < -0.3 is 9.88 Å². The number of anilines is 1. The van der Waals surface area contributed by atoms with Crippen LogP contribution in [0, 0.1) is 5.92 Å². The lowest BCUT2D eigenvalue weighted by Gasteiger charge is -2.24. The minimum Gasteiger partial charge on any atom is -0.326 e. The number of carbonyl (C=O) groups is 1. The highest BCUT2D eigenvalue weighted by Crippen LogP contribution is 2.28. The lowest BCUT2D eigenvalue weighted by molar-refractivity contribution is -0.122. The van der Waals surface area contributed by atoms with Crippen molar-refractivity contribution in [3.63, 3.8) is 0 Å². The molecule has 0 radical (unpaired) electrons. The molecule has 1 aromatic carbocycles. The second-order valence-electron chi connectivity index (χ2n) is 5.14. The van der Waals surface area contributed by atoms with Gasteiger partial charge in [0.15, 0.2) is 5.82 Å². The van der Waals surface area contributed by atoms with Gasteiger partial charge in [0.2, 0.25) is 5.91 Å². The average Bonchev–Trinajstić information content (AvgIpc) is 2.85. The van der Waals surface area contributed by atoms with Crippen molar-refractivity contribution >= 4 is 11.6 Å². The van der Waals surface area contributed by atoms with Gasteiger partial charge in [0, 0.05) is 23.7 Å². The van der Waals surface area contributed by atoms with E-state index >= 15 is 0 Å². The van der Waals surface area contributed by atoms with Gasteiger partial charge >= 0.3 is 0 Å². The van der Waals surface area contributed by atoms with E-state index in [-0.39, 0.29) is 11.8 Å². The van der Waals surface area contributed by atoms with Crippen LogP contribution in [0.1, 0.15) is 26.2 Å². The predicted octanol–water partition coefficient (Wildman–Crippen LogP) is 2.70. The van der Waals surface area contributed by atoms with Gasteiger partial charge in [-0.3, -0.25) is 4.79 Å².